The third-order valence-corrected chi connectivity index (χ3v) is 8.00. The van der Waals surface area contributed by atoms with Crippen LogP contribution in [-0.4, -0.2) is 48.4 Å². The highest BCUT2D eigenvalue weighted by Gasteiger charge is 2.37. The standard InChI is InChI=1S/C31H31ClF3N5O3/c32-24-3-1-2-22(14-24)23-15-25(31(33,34)35)28(37-18-23)40-12-10-20(11-13-40)17-36-16-19-4-6-21(7-5-19)29(42)38-26-8-9-27(41)39-30(26)43/h1-7,14-15,18,20,26,36H,8-13,16-17H2,(H,38,42)(H,39,41,43). The van der Waals surface area contributed by atoms with Crippen molar-refractivity contribution in [1.82, 2.24) is 20.9 Å². The van der Waals surface area contributed by atoms with E-state index in [4.69, 9.17) is 11.6 Å². The van der Waals surface area contributed by atoms with E-state index < -0.39 is 23.7 Å². The number of imide groups is 1. The van der Waals surface area contributed by atoms with Crippen LogP contribution in [0.3, 0.4) is 0 Å². The molecule has 226 valence electrons. The average molecular weight is 614 g/mol. The molecule has 2 aromatic carbocycles. The lowest BCUT2D eigenvalue weighted by atomic mass is 9.96. The minimum atomic E-state index is -4.55. The Labute approximate surface area is 252 Å². The summed E-state index contributed by atoms with van der Waals surface area (Å²) in [7, 11) is 0. The molecule has 1 aromatic heterocycles. The number of carbonyl (C=O) groups excluding carboxylic acids is 3. The summed E-state index contributed by atoms with van der Waals surface area (Å²) in [4.78, 5) is 41.6. The van der Waals surface area contributed by atoms with Crippen LogP contribution in [0.2, 0.25) is 5.02 Å². The van der Waals surface area contributed by atoms with Crippen LogP contribution < -0.4 is 20.9 Å². The number of benzene rings is 2. The van der Waals surface area contributed by atoms with Crippen molar-refractivity contribution in [2.75, 3.05) is 24.5 Å². The average Bonchev–Trinajstić information content (AvgIpc) is 2.98. The fourth-order valence-corrected chi connectivity index (χ4v) is 5.55. The van der Waals surface area contributed by atoms with Gasteiger partial charge in [-0.2, -0.15) is 13.2 Å². The quantitative estimate of drug-likeness (QED) is 0.310. The van der Waals surface area contributed by atoms with Gasteiger partial charge >= 0.3 is 6.18 Å². The van der Waals surface area contributed by atoms with Gasteiger partial charge in [0.25, 0.3) is 5.91 Å². The summed E-state index contributed by atoms with van der Waals surface area (Å²) in [6.45, 7) is 2.21. The lowest BCUT2D eigenvalue weighted by molar-refractivity contribution is -0.137. The fourth-order valence-electron chi connectivity index (χ4n) is 5.36. The number of hydrogen-bond acceptors (Lipinski definition) is 6. The van der Waals surface area contributed by atoms with Crippen molar-refractivity contribution in [3.8, 4) is 11.1 Å². The maximum atomic E-state index is 14.0. The molecule has 0 radical (unpaired) electrons. The predicted molar refractivity (Wildman–Crippen MR) is 156 cm³/mol. The first kappa shape index (κ1) is 30.5. The van der Waals surface area contributed by atoms with Gasteiger partial charge < -0.3 is 15.5 Å². The zero-order chi connectivity index (χ0) is 30.6. The van der Waals surface area contributed by atoms with E-state index in [-0.39, 0.29) is 30.5 Å². The van der Waals surface area contributed by atoms with Crippen molar-refractivity contribution in [3.63, 3.8) is 0 Å². The second kappa shape index (κ2) is 13.1. The number of pyridine rings is 1. The largest absolute Gasteiger partial charge is 0.419 e. The number of amides is 3. The maximum Gasteiger partial charge on any atom is 0.419 e. The summed E-state index contributed by atoms with van der Waals surface area (Å²) in [5, 5.41) is 8.72. The van der Waals surface area contributed by atoms with Crippen LogP contribution in [0.15, 0.2) is 60.8 Å². The van der Waals surface area contributed by atoms with Gasteiger partial charge in [-0.05, 0) is 73.2 Å². The van der Waals surface area contributed by atoms with Crippen molar-refractivity contribution in [1.29, 1.82) is 0 Å². The summed E-state index contributed by atoms with van der Waals surface area (Å²) in [5.74, 6) is -0.977. The second-order valence-corrected chi connectivity index (χ2v) is 11.3. The summed E-state index contributed by atoms with van der Waals surface area (Å²) < 4.78 is 42.1. The van der Waals surface area contributed by atoms with E-state index >= 15 is 0 Å². The van der Waals surface area contributed by atoms with Gasteiger partial charge in [0.2, 0.25) is 11.8 Å². The molecule has 2 aliphatic rings. The molecule has 3 aromatic rings. The summed E-state index contributed by atoms with van der Waals surface area (Å²) in [6.07, 6.45) is -1.18. The first-order chi connectivity index (χ1) is 20.6. The normalized spacial score (nSPS) is 18.0. The molecule has 12 heteroatoms. The van der Waals surface area contributed by atoms with Gasteiger partial charge in [0.05, 0.1) is 5.56 Å². The van der Waals surface area contributed by atoms with Gasteiger partial charge in [0, 0.05) is 48.4 Å². The van der Waals surface area contributed by atoms with E-state index in [0.29, 0.717) is 53.8 Å². The molecular formula is C31H31ClF3N5O3. The van der Waals surface area contributed by atoms with Crippen LogP contribution in [0.25, 0.3) is 11.1 Å². The molecule has 2 saturated heterocycles. The molecule has 1 unspecified atom stereocenters. The number of aromatic nitrogens is 1. The lowest BCUT2D eigenvalue weighted by Gasteiger charge is -2.34. The molecule has 2 fully saturated rings. The second-order valence-electron chi connectivity index (χ2n) is 10.8. The van der Waals surface area contributed by atoms with Crippen molar-refractivity contribution >= 4 is 35.1 Å². The smallest absolute Gasteiger partial charge is 0.356 e. The van der Waals surface area contributed by atoms with Gasteiger partial charge in [-0.15, -0.1) is 0 Å². The molecule has 3 amide bonds. The molecular weight excluding hydrogens is 583 g/mol. The maximum absolute atomic E-state index is 14.0. The highest BCUT2D eigenvalue weighted by Crippen LogP contribution is 2.39. The highest BCUT2D eigenvalue weighted by atomic mass is 35.5. The zero-order valence-electron chi connectivity index (χ0n) is 23.2. The minimum absolute atomic E-state index is 0.0496. The first-order valence-corrected chi connectivity index (χ1v) is 14.5. The van der Waals surface area contributed by atoms with E-state index in [1.54, 1.807) is 41.3 Å². The van der Waals surface area contributed by atoms with Crippen molar-refractivity contribution < 1.29 is 27.6 Å². The third-order valence-electron chi connectivity index (χ3n) is 7.77. The topological polar surface area (TPSA) is 103 Å². The summed E-state index contributed by atoms with van der Waals surface area (Å²) in [6, 6.07) is 14.1. The van der Waals surface area contributed by atoms with E-state index in [0.717, 1.165) is 24.5 Å². The summed E-state index contributed by atoms with van der Waals surface area (Å²) >= 11 is 6.03. The Morgan fingerprint density at radius 3 is 2.44 bits per heavy atom. The molecule has 0 spiro atoms. The van der Waals surface area contributed by atoms with Crippen LogP contribution in [0.4, 0.5) is 19.0 Å². The number of halogens is 4. The Balaban J connectivity index is 1.11. The number of rotatable bonds is 8. The molecule has 3 heterocycles. The minimum Gasteiger partial charge on any atom is -0.356 e. The zero-order valence-corrected chi connectivity index (χ0v) is 24.0. The van der Waals surface area contributed by atoms with Crippen LogP contribution >= 0.6 is 11.6 Å². The number of alkyl halides is 3. The van der Waals surface area contributed by atoms with Crippen molar-refractivity contribution in [2.45, 2.75) is 44.4 Å². The SMILES string of the molecule is O=C1CCC(NC(=O)c2ccc(CNCC3CCN(c4ncc(-c5cccc(Cl)c5)cc4C(F)(F)F)CC3)cc2)C(=O)N1. The van der Waals surface area contributed by atoms with Crippen LogP contribution in [0.5, 0.6) is 0 Å². The molecule has 43 heavy (non-hydrogen) atoms. The third kappa shape index (κ3) is 7.71. The highest BCUT2D eigenvalue weighted by molar-refractivity contribution is 6.30. The molecule has 8 nitrogen and oxygen atoms in total. The Hall–Kier alpha value is -3.96. The van der Waals surface area contributed by atoms with Crippen LogP contribution in [-0.2, 0) is 22.3 Å². The molecule has 5 rings (SSSR count). The molecule has 0 saturated carbocycles. The van der Waals surface area contributed by atoms with Crippen molar-refractivity contribution in [2.24, 2.45) is 5.92 Å². The lowest BCUT2D eigenvalue weighted by Crippen LogP contribution is -2.52. The molecule has 1 atom stereocenters. The van der Waals surface area contributed by atoms with E-state index in [2.05, 4.69) is 20.9 Å². The van der Waals surface area contributed by atoms with Gasteiger partial charge in [-0.25, -0.2) is 4.98 Å². The Kier molecular flexibility index (Phi) is 9.31. The first-order valence-electron chi connectivity index (χ1n) is 14.1. The summed E-state index contributed by atoms with van der Waals surface area (Å²) in [5.41, 5.74) is 1.56. The Bertz CT molecular complexity index is 1490. The molecule has 3 N–H and O–H groups in total. The Morgan fingerprint density at radius 2 is 1.77 bits per heavy atom. The number of carbonyl (C=O) groups is 3. The van der Waals surface area contributed by atoms with Crippen molar-refractivity contribution in [3.05, 3.63) is 82.5 Å². The predicted octanol–water partition coefficient (Wildman–Crippen LogP) is 4.96. The van der Waals surface area contributed by atoms with Crippen LogP contribution in [0, 0.1) is 5.92 Å². The monoisotopic (exact) mass is 613 g/mol. The van der Waals surface area contributed by atoms with Gasteiger partial charge in [0.1, 0.15) is 11.9 Å². The number of hydrogen-bond donors (Lipinski definition) is 3. The van der Waals surface area contributed by atoms with E-state index in [9.17, 15) is 27.6 Å². The molecule has 2 aliphatic heterocycles. The number of nitrogens with zero attached hydrogens (tertiary/aromatic N) is 2. The number of anilines is 1. The fraction of sp³-hybridized carbons (Fsp3) is 0.355. The van der Waals surface area contributed by atoms with Crippen LogP contribution in [0.1, 0.15) is 47.2 Å². The van der Waals surface area contributed by atoms with E-state index in [1.165, 1.54) is 6.20 Å². The van der Waals surface area contributed by atoms with Gasteiger partial charge in [0.15, 0.2) is 0 Å². The molecule has 0 bridgehead atoms. The van der Waals surface area contributed by atoms with E-state index in [1.807, 2.05) is 12.1 Å². The van der Waals surface area contributed by atoms with Gasteiger partial charge in [-0.3, -0.25) is 19.7 Å². The Morgan fingerprint density at radius 1 is 1.02 bits per heavy atom. The number of nitrogens with one attached hydrogen (secondary N) is 3. The number of piperidine rings is 2. The van der Waals surface area contributed by atoms with Gasteiger partial charge in [-0.1, -0.05) is 35.9 Å². The molecule has 0 aliphatic carbocycles.